The number of halogens is 1. The van der Waals surface area contributed by atoms with Crippen molar-refractivity contribution in [1.82, 2.24) is 5.32 Å². The standard InChI is InChI=1S/C31H36BrN5O3/c1-40-29-10-6-5-9-28(29)37-19-17-36(18-20-37)27-16-15-25(35-31(39)34-24-13-11-22(32)12-14-24)21-26(27)30(38)33-23-7-3-2-4-8-23/h5-6,9-16,21,23H,2-4,7-8,17-20H2,1H3,(H,33,38)(H2,34,35,39). The van der Waals surface area contributed by atoms with Crippen molar-refractivity contribution in [3.05, 3.63) is 76.8 Å². The summed E-state index contributed by atoms with van der Waals surface area (Å²) in [6, 6.07) is 20.9. The van der Waals surface area contributed by atoms with Crippen molar-refractivity contribution < 1.29 is 14.3 Å². The van der Waals surface area contributed by atoms with Crippen molar-refractivity contribution in [2.24, 2.45) is 0 Å². The number of para-hydroxylation sites is 2. The van der Waals surface area contributed by atoms with Gasteiger partial charge in [0, 0.05) is 53.8 Å². The summed E-state index contributed by atoms with van der Waals surface area (Å²) in [7, 11) is 1.70. The Bertz CT molecular complexity index is 1320. The second-order valence-electron chi connectivity index (χ2n) is 10.3. The summed E-state index contributed by atoms with van der Waals surface area (Å²) < 4.78 is 6.51. The van der Waals surface area contributed by atoms with E-state index in [0.29, 0.717) is 16.9 Å². The molecule has 0 radical (unpaired) electrons. The van der Waals surface area contributed by atoms with Crippen LogP contribution in [0.5, 0.6) is 5.75 Å². The highest BCUT2D eigenvalue weighted by Crippen LogP contribution is 2.31. The topological polar surface area (TPSA) is 85.9 Å². The number of urea groups is 1. The normalized spacial score (nSPS) is 15.8. The number of nitrogens with one attached hydrogen (secondary N) is 3. The quantitative estimate of drug-likeness (QED) is 0.286. The molecule has 210 valence electrons. The number of amides is 3. The van der Waals surface area contributed by atoms with Gasteiger partial charge >= 0.3 is 6.03 Å². The first-order chi connectivity index (χ1) is 19.5. The molecule has 9 heteroatoms. The summed E-state index contributed by atoms with van der Waals surface area (Å²) in [5.41, 5.74) is 3.79. The SMILES string of the molecule is COc1ccccc1N1CCN(c2ccc(NC(=O)Nc3ccc(Br)cc3)cc2C(=O)NC2CCCCC2)CC1. The summed E-state index contributed by atoms with van der Waals surface area (Å²) in [5, 5.41) is 9.00. The Morgan fingerprint density at radius 3 is 2.12 bits per heavy atom. The molecule has 40 heavy (non-hydrogen) atoms. The number of hydrogen-bond donors (Lipinski definition) is 3. The second kappa shape index (κ2) is 13.1. The Morgan fingerprint density at radius 1 is 0.800 bits per heavy atom. The van der Waals surface area contributed by atoms with Crippen LogP contribution >= 0.6 is 15.9 Å². The van der Waals surface area contributed by atoms with Crippen LogP contribution in [0, 0.1) is 0 Å². The molecule has 8 nitrogen and oxygen atoms in total. The number of hydrogen-bond acceptors (Lipinski definition) is 5. The van der Waals surface area contributed by atoms with Crippen molar-refractivity contribution in [2.75, 3.05) is 53.7 Å². The van der Waals surface area contributed by atoms with Gasteiger partial charge in [0.25, 0.3) is 5.91 Å². The first-order valence-corrected chi connectivity index (χ1v) is 14.7. The van der Waals surface area contributed by atoms with Crippen LogP contribution < -0.4 is 30.5 Å². The maximum Gasteiger partial charge on any atom is 0.323 e. The molecule has 1 saturated carbocycles. The van der Waals surface area contributed by atoms with Crippen LogP contribution in [-0.4, -0.2) is 51.3 Å². The van der Waals surface area contributed by atoms with Crippen LogP contribution in [-0.2, 0) is 0 Å². The van der Waals surface area contributed by atoms with Gasteiger partial charge < -0.3 is 30.5 Å². The van der Waals surface area contributed by atoms with Crippen LogP contribution in [0.15, 0.2) is 71.2 Å². The van der Waals surface area contributed by atoms with E-state index in [9.17, 15) is 9.59 Å². The number of ether oxygens (including phenoxy) is 1. The van der Waals surface area contributed by atoms with E-state index >= 15 is 0 Å². The van der Waals surface area contributed by atoms with Crippen molar-refractivity contribution in [3.8, 4) is 5.75 Å². The van der Waals surface area contributed by atoms with E-state index in [4.69, 9.17) is 4.74 Å². The summed E-state index contributed by atoms with van der Waals surface area (Å²) in [6.07, 6.45) is 5.51. The molecule has 0 bridgehead atoms. The predicted octanol–water partition coefficient (Wildman–Crippen LogP) is 6.49. The van der Waals surface area contributed by atoms with Gasteiger partial charge in [0.1, 0.15) is 5.75 Å². The lowest BCUT2D eigenvalue weighted by molar-refractivity contribution is 0.0928. The fourth-order valence-corrected chi connectivity index (χ4v) is 5.75. The van der Waals surface area contributed by atoms with Crippen LogP contribution in [0.25, 0.3) is 0 Å². The van der Waals surface area contributed by atoms with Gasteiger partial charge in [0.2, 0.25) is 0 Å². The minimum Gasteiger partial charge on any atom is -0.495 e. The number of nitrogens with zero attached hydrogens (tertiary/aromatic N) is 2. The molecule has 5 rings (SSSR count). The molecule has 1 aliphatic heterocycles. The highest BCUT2D eigenvalue weighted by molar-refractivity contribution is 9.10. The summed E-state index contributed by atoms with van der Waals surface area (Å²) >= 11 is 3.40. The third kappa shape index (κ3) is 6.88. The Morgan fingerprint density at radius 2 is 1.43 bits per heavy atom. The van der Waals surface area contributed by atoms with Gasteiger partial charge in [-0.1, -0.05) is 47.3 Å². The number of rotatable bonds is 7. The van der Waals surface area contributed by atoms with Gasteiger partial charge in [0.05, 0.1) is 18.4 Å². The zero-order chi connectivity index (χ0) is 27.9. The third-order valence-electron chi connectivity index (χ3n) is 7.59. The summed E-state index contributed by atoms with van der Waals surface area (Å²) in [4.78, 5) is 30.9. The van der Waals surface area contributed by atoms with Gasteiger partial charge in [-0.3, -0.25) is 4.79 Å². The molecule has 3 N–H and O–H groups in total. The smallest absolute Gasteiger partial charge is 0.323 e. The molecule has 0 atom stereocenters. The van der Waals surface area contributed by atoms with Crippen molar-refractivity contribution in [1.29, 1.82) is 0 Å². The third-order valence-corrected chi connectivity index (χ3v) is 8.12. The number of piperazine rings is 1. The second-order valence-corrected chi connectivity index (χ2v) is 11.2. The molecule has 1 heterocycles. The lowest BCUT2D eigenvalue weighted by Gasteiger charge is -2.38. The van der Waals surface area contributed by atoms with E-state index in [1.54, 1.807) is 13.2 Å². The fraction of sp³-hybridized carbons (Fsp3) is 0.355. The average Bonchev–Trinajstić information content (AvgIpc) is 2.99. The highest BCUT2D eigenvalue weighted by atomic mass is 79.9. The van der Waals surface area contributed by atoms with Crippen LogP contribution in [0.2, 0.25) is 0 Å². The highest BCUT2D eigenvalue weighted by Gasteiger charge is 2.25. The molecule has 3 aromatic carbocycles. The minimum absolute atomic E-state index is 0.0916. The van der Waals surface area contributed by atoms with Gasteiger partial charge in [-0.05, 0) is 67.4 Å². The molecule has 3 aromatic rings. The molecule has 0 unspecified atom stereocenters. The van der Waals surface area contributed by atoms with Gasteiger partial charge in [-0.25, -0.2) is 4.79 Å². The van der Waals surface area contributed by atoms with E-state index in [2.05, 4.69) is 47.7 Å². The van der Waals surface area contributed by atoms with Gasteiger partial charge in [-0.15, -0.1) is 0 Å². The molecule has 1 aliphatic carbocycles. The molecule has 2 aliphatic rings. The van der Waals surface area contributed by atoms with Crippen molar-refractivity contribution in [3.63, 3.8) is 0 Å². The summed E-state index contributed by atoms with van der Waals surface area (Å²) in [5.74, 6) is 0.770. The van der Waals surface area contributed by atoms with E-state index in [1.807, 2.05) is 54.6 Å². The molecule has 0 spiro atoms. The largest absolute Gasteiger partial charge is 0.495 e. The van der Waals surface area contributed by atoms with Gasteiger partial charge in [-0.2, -0.15) is 0 Å². The lowest BCUT2D eigenvalue weighted by Crippen LogP contribution is -2.47. The number of benzene rings is 3. The first-order valence-electron chi connectivity index (χ1n) is 13.9. The molecular weight excluding hydrogens is 570 g/mol. The van der Waals surface area contributed by atoms with Gasteiger partial charge in [0.15, 0.2) is 0 Å². The van der Waals surface area contributed by atoms with E-state index in [0.717, 1.165) is 73.5 Å². The molecule has 2 fully saturated rings. The Balaban J connectivity index is 1.33. The number of anilines is 4. The van der Waals surface area contributed by atoms with E-state index in [-0.39, 0.29) is 18.0 Å². The average molecular weight is 607 g/mol. The first kappa shape index (κ1) is 27.8. The molecule has 3 amide bonds. The molecule has 1 saturated heterocycles. The summed E-state index contributed by atoms with van der Waals surface area (Å²) in [6.45, 7) is 3.14. The Hall–Kier alpha value is -3.72. The zero-order valence-corrected chi connectivity index (χ0v) is 24.4. The number of carbonyl (C=O) groups excluding carboxylic acids is 2. The Labute approximate surface area is 244 Å². The molecule has 0 aromatic heterocycles. The zero-order valence-electron chi connectivity index (χ0n) is 22.8. The number of methoxy groups -OCH3 is 1. The maximum atomic E-state index is 13.6. The van der Waals surface area contributed by atoms with Crippen LogP contribution in [0.1, 0.15) is 42.5 Å². The lowest BCUT2D eigenvalue weighted by atomic mass is 9.95. The van der Waals surface area contributed by atoms with Crippen molar-refractivity contribution >= 4 is 50.6 Å². The van der Waals surface area contributed by atoms with Crippen molar-refractivity contribution in [2.45, 2.75) is 38.1 Å². The van der Waals surface area contributed by atoms with Crippen LogP contribution in [0.4, 0.5) is 27.5 Å². The van der Waals surface area contributed by atoms with E-state index < -0.39 is 0 Å². The number of carbonyl (C=O) groups is 2. The predicted molar refractivity (Wildman–Crippen MR) is 165 cm³/mol. The molecular formula is C31H36BrN5O3. The van der Waals surface area contributed by atoms with Crippen LogP contribution in [0.3, 0.4) is 0 Å². The maximum absolute atomic E-state index is 13.6. The minimum atomic E-state index is -0.362. The Kier molecular flexibility index (Phi) is 9.11. The fourth-order valence-electron chi connectivity index (χ4n) is 5.49. The monoisotopic (exact) mass is 605 g/mol. The van der Waals surface area contributed by atoms with E-state index in [1.165, 1.54) is 6.42 Å².